The molecular weight excluding hydrogens is 290 g/mol. The molecule has 1 aliphatic rings. The molecular formula is C18H23N3O2. The molecule has 0 atom stereocenters. The minimum atomic E-state index is -0.997. The van der Waals surface area contributed by atoms with Gasteiger partial charge in [-0.05, 0) is 37.3 Å². The van der Waals surface area contributed by atoms with E-state index in [1.807, 2.05) is 31.2 Å². The van der Waals surface area contributed by atoms with Gasteiger partial charge in [0.15, 0.2) is 5.69 Å². The Morgan fingerprint density at radius 1 is 1.26 bits per heavy atom. The van der Waals surface area contributed by atoms with Gasteiger partial charge in [0, 0.05) is 0 Å². The average Bonchev–Trinajstić information content (AvgIpc) is 2.98. The summed E-state index contributed by atoms with van der Waals surface area (Å²) in [6.07, 6.45) is 8.17. The van der Waals surface area contributed by atoms with Gasteiger partial charge in [-0.25, -0.2) is 9.48 Å². The van der Waals surface area contributed by atoms with Gasteiger partial charge in [-0.3, -0.25) is 0 Å². The molecule has 0 aliphatic heterocycles. The number of aromatic nitrogens is 3. The molecule has 0 spiro atoms. The zero-order valence-corrected chi connectivity index (χ0v) is 13.5. The first-order valence-electron chi connectivity index (χ1n) is 8.40. The normalized spacial score (nSPS) is 15.7. The average molecular weight is 313 g/mol. The lowest BCUT2D eigenvalue weighted by atomic mass is 9.85. The summed E-state index contributed by atoms with van der Waals surface area (Å²) in [5.41, 5.74) is 2.78. The summed E-state index contributed by atoms with van der Waals surface area (Å²) in [5.74, 6) is -0.297. The van der Waals surface area contributed by atoms with Gasteiger partial charge in [0.25, 0.3) is 0 Å². The van der Waals surface area contributed by atoms with Crippen LogP contribution in [-0.2, 0) is 6.42 Å². The highest BCUT2D eigenvalue weighted by molar-refractivity contribution is 5.86. The molecule has 5 nitrogen and oxygen atoms in total. The summed E-state index contributed by atoms with van der Waals surface area (Å²) in [7, 11) is 0. The molecule has 5 heteroatoms. The van der Waals surface area contributed by atoms with Crippen LogP contribution in [0.3, 0.4) is 0 Å². The van der Waals surface area contributed by atoms with E-state index in [0.29, 0.717) is 12.3 Å². The second-order valence-electron chi connectivity index (χ2n) is 6.43. The molecule has 2 aromatic rings. The van der Waals surface area contributed by atoms with Crippen molar-refractivity contribution < 1.29 is 9.90 Å². The van der Waals surface area contributed by atoms with Crippen LogP contribution in [0.15, 0.2) is 24.3 Å². The predicted octanol–water partition coefficient (Wildman–Crippen LogP) is 3.79. The number of benzene rings is 1. The van der Waals surface area contributed by atoms with Crippen LogP contribution < -0.4 is 0 Å². The number of rotatable bonds is 5. The molecule has 1 saturated carbocycles. The standard InChI is InChI=1S/C18H23N3O2/c1-13-7-5-6-10-15(13)21-16(17(18(22)23)19-20-21)12-11-14-8-3-2-4-9-14/h5-7,10,14H,2-4,8-9,11-12H2,1H3,(H,22,23). The first-order valence-corrected chi connectivity index (χ1v) is 8.40. The van der Waals surface area contributed by atoms with Gasteiger partial charge in [-0.1, -0.05) is 55.5 Å². The van der Waals surface area contributed by atoms with E-state index in [9.17, 15) is 9.90 Å². The molecule has 1 heterocycles. The summed E-state index contributed by atoms with van der Waals surface area (Å²) in [5, 5.41) is 17.4. The number of carboxylic acid groups (broad SMARTS) is 1. The van der Waals surface area contributed by atoms with Crippen molar-refractivity contribution >= 4 is 5.97 Å². The van der Waals surface area contributed by atoms with Gasteiger partial charge in [0.05, 0.1) is 11.4 Å². The lowest BCUT2D eigenvalue weighted by Crippen LogP contribution is -2.12. The summed E-state index contributed by atoms with van der Waals surface area (Å²) in [6, 6.07) is 7.87. The molecule has 0 radical (unpaired) electrons. The van der Waals surface area contributed by atoms with Crippen molar-refractivity contribution in [2.24, 2.45) is 5.92 Å². The molecule has 1 aromatic heterocycles. The van der Waals surface area contributed by atoms with Crippen molar-refractivity contribution in [3.63, 3.8) is 0 Å². The first-order chi connectivity index (χ1) is 11.2. The molecule has 23 heavy (non-hydrogen) atoms. The molecule has 0 amide bonds. The second kappa shape index (κ2) is 6.94. The number of hydrogen-bond donors (Lipinski definition) is 1. The Bertz CT molecular complexity index is 687. The minimum Gasteiger partial charge on any atom is -0.476 e. The fourth-order valence-electron chi connectivity index (χ4n) is 3.50. The number of nitrogens with zero attached hydrogens (tertiary/aromatic N) is 3. The van der Waals surface area contributed by atoms with Gasteiger partial charge < -0.3 is 5.11 Å². The highest BCUT2D eigenvalue weighted by atomic mass is 16.4. The number of carbonyl (C=O) groups is 1. The number of aromatic carboxylic acids is 1. The van der Waals surface area contributed by atoms with E-state index in [4.69, 9.17) is 0 Å². The van der Waals surface area contributed by atoms with Crippen molar-refractivity contribution in [2.45, 2.75) is 51.9 Å². The molecule has 1 N–H and O–H groups in total. The SMILES string of the molecule is Cc1ccccc1-n1nnc(C(=O)O)c1CCC1CCCCC1. The van der Waals surface area contributed by atoms with Crippen LogP contribution >= 0.6 is 0 Å². The fraction of sp³-hybridized carbons (Fsp3) is 0.500. The largest absolute Gasteiger partial charge is 0.476 e. The summed E-state index contributed by atoms with van der Waals surface area (Å²) in [4.78, 5) is 11.5. The van der Waals surface area contributed by atoms with E-state index in [1.54, 1.807) is 4.68 Å². The molecule has 0 unspecified atom stereocenters. The number of carboxylic acids is 1. The maximum absolute atomic E-state index is 11.5. The van der Waals surface area contributed by atoms with E-state index in [2.05, 4.69) is 10.3 Å². The van der Waals surface area contributed by atoms with Crippen molar-refractivity contribution in [2.75, 3.05) is 0 Å². The van der Waals surface area contributed by atoms with Gasteiger partial charge in [0.1, 0.15) is 0 Å². The molecule has 3 rings (SSSR count). The van der Waals surface area contributed by atoms with Crippen molar-refractivity contribution in [1.29, 1.82) is 0 Å². The summed E-state index contributed by atoms with van der Waals surface area (Å²) in [6.45, 7) is 2.00. The monoisotopic (exact) mass is 313 g/mol. The van der Waals surface area contributed by atoms with Crippen molar-refractivity contribution in [1.82, 2.24) is 15.0 Å². The third-order valence-corrected chi connectivity index (χ3v) is 4.82. The van der Waals surface area contributed by atoms with Crippen LogP contribution in [0.5, 0.6) is 0 Å². The van der Waals surface area contributed by atoms with Crippen molar-refractivity contribution in [3.8, 4) is 5.69 Å². The zero-order valence-electron chi connectivity index (χ0n) is 13.5. The molecule has 0 bridgehead atoms. The Morgan fingerprint density at radius 2 is 2.00 bits per heavy atom. The molecule has 122 valence electrons. The second-order valence-corrected chi connectivity index (χ2v) is 6.43. The Balaban J connectivity index is 1.88. The maximum atomic E-state index is 11.5. The lowest BCUT2D eigenvalue weighted by Gasteiger charge is -2.21. The van der Waals surface area contributed by atoms with Crippen LogP contribution in [-0.4, -0.2) is 26.1 Å². The summed E-state index contributed by atoms with van der Waals surface area (Å²) < 4.78 is 1.71. The van der Waals surface area contributed by atoms with E-state index in [-0.39, 0.29) is 5.69 Å². The highest BCUT2D eigenvalue weighted by Crippen LogP contribution is 2.28. The molecule has 0 saturated heterocycles. The van der Waals surface area contributed by atoms with Crippen LogP contribution in [0.25, 0.3) is 5.69 Å². The Hall–Kier alpha value is -2.17. The van der Waals surface area contributed by atoms with Gasteiger partial charge in [0.2, 0.25) is 0 Å². The van der Waals surface area contributed by atoms with Gasteiger partial charge in [-0.2, -0.15) is 0 Å². The third kappa shape index (κ3) is 3.44. The highest BCUT2D eigenvalue weighted by Gasteiger charge is 2.22. The lowest BCUT2D eigenvalue weighted by molar-refractivity contribution is 0.0689. The zero-order chi connectivity index (χ0) is 16.2. The molecule has 1 fully saturated rings. The maximum Gasteiger partial charge on any atom is 0.358 e. The third-order valence-electron chi connectivity index (χ3n) is 4.82. The van der Waals surface area contributed by atoms with E-state index in [1.165, 1.54) is 32.1 Å². The van der Waals surface area contributed by atoms with Gasteiger partial charge >= 0.3 is 5.97 Å². The van der Waals surface area contributed by atoms with E-state index in [0.717, 1.165) is 23.4 Å². The van der Waals surface area contributed by atoms with Crippen LogP contribution in [0.4, 0.5) is 0 Å². The first kappa shape index (κ1) is 15.7. The Morgan fingerprint density at radius 3 is 2.70 bits per heavy atom. The molecule has 1 aliphatic carbocycles. The van der Waals surface area contributed by atoms with Crippen LogP contribution in [0.1, 0.15) is 60.3 Å². The van der Waals surface area contributed by atoms with E-state index < -0.39 is 5.97 Å². The van der Waals surface area contributed by atoms with E-state index >= 15 is 0 Å². The summed E-state index contributed by atoms with van der Waals surface area (Å²) >= 11 is 0. The smallest absolute Gasteiger partial charge is 0.358 e. The number of aryl methyl sites for hydroxylation is 1. The number of para-hydroxylation sites is 1. The topological polar surface area (TPSA) is 68.0 Å². The molecule has 1 aromatic carbocycles. The van der Waals surface area contributed by atoms with Crippen molar-refractivity contribution in [3.05, 3.63) is 41.2 Å². The minimum absolute atomic E-state index is 0.0871. The van der Waals surface area contributed by atoms with Crippen LogP contribution in [0, 0.1) is 12.8 Å². The van der Waals surface area contributed by atoms with Crippen LogP contribution in [0.2, 0.25) is 0 Å². The quantitative estimate of drug-likeness (QED) is 0.912. The predicted molar refractivity (Wildman–Crippen MR) is 88.0 cm³/mol. The fourth-order valence-corrected chi connectivity index (χ4v) is 3.50. The van der Waals surface area contributed by atoms with Gasteiger partial charge in [-0.15, -0.1) is 5.10 Å². The number of hydrogen-bond acceptors (Lipinski definition) is 3. The Kier molecular flexibility index (Phi) is 4.74. The Labute approximate surface area is 136 Å².